The molecular weight excluding hydrogens is 1010 g/mol. The molecule has 0 bridgehead atoms. The summed E-state index contributed by atoms with van der Waals surface area (Å²) in [5.74, 6) is 0.191. The molecule has 4 aliphatic heterocycles. The minimum atomic E-state index is -3.73. The van der Waals surface area contributed by atoms with E-state index in [2.05, 4.69) is 62.7 Å². The van der Waals surface area contributed by atoms with E-state index in [1.54, 1.807) is 24.1 Å². The van der Waals surface area contributed by atoms with Gasteiger partial charge in [0.15, 0.2) is 0 Å². The molecule has 6 heterocycles. The number of nitrogens with one attached hydrogen (secondary N) is 3. The monoisotopic (exact) mass is 1060 g/mol. The van der Waals surface area contributed by atoms with E-state index in [0.717, 1.165) is 92.7 Å². The maximum atomic E-state index is 15.6. The van der Waals surface area contributed by atoms with Crippen molar-refractivity contribution in [3.05, 3.63) is 101 Å². The lowest BCUT2D eigenvalue weighted by Gasteiger charge is -2.39. The average Bonchev–Trinajstić information content (AvgIpc) is 3.97. The molecule has 4 aliphatic rings. The van der Waals surface area contributed by atoms with E-state index >= 15 is 4.39 Å². The molecule has 6 aromatic rings. The fraction of sp³-hybridized carbons (Fsp3) is 0.373. The predicted molar refractivity (Wildman–Crippen MR) is 277 cm³/mol. The summed E-state index contributed by atoms with van der Waals surface area (Å²) in [6.45, 7) is 6.00. The minimum absolute atomic E-state index is 0.168. The molecule has 4 aromatic carbocycles. The molecule has 3 N–H and O–H groups in total. The fourth-order valence-electron chi connectivity index (χ4n) is 10.4. The number of aryl methyl sites for hydroxylation is 1. The van der Waals surface area contributed by atoms with Crippen molar-refractivity contribution in [3.8, 4) is 16.9 Å². The number of amides is 3. The SMILES string of the molecule is COc1cc(N2CCN(CCC3CCN(c4cc5c(cc4F)C(=O)N(C4CCC(=O)NC4=O)C5)CC3)CC2)c(-c2cnn(C)c2)cc1Nc1ncc(Br)c(Nc2ccc3ccccc3c2P(=O)(OC)OC)n1. The first-order valence-electron chi connectivity index (χ1n) is 24.0. The Labute approximate surface area is 424 Å². The lowest BCUT2D eigenvalue weighted by Crippen LogP contribution is -2.52. The molecule has 1 unspecified atom stereocenters. The summed E-state index contributed by atoms with van der Waals surface area (Å²) >= 11 is 3.60. The molecule has 1 atom stereocenters. The maximum Gasteiger partial charge on any atom is 0.363 e. The largest absolute Gasteiger partial charge is 0.494 e. The van der Waals surface area contributed by atoms with E-state index in [0.29, 0.717) is 55.8 Å². The average molecular weight is 1060 g/mol. The Morgan fingerprint density at radius 2 is 1.62 bits per heavy atom. The van der Waals surface area contributed by atoms with Gasteiger partial charge >= 0.3 is 7.60 Å². The number of piperidine rings is 2. The number of hydrogen-bond acceptors (Lipinski definition) is 15. The number of anilines is 6. The highest BCUT2D eigenvalue weighted by Crippen LogP contribution is 2.50. The van der Waals surface area contributed by atoms with Crippen LogP contribution in [0.15, 0.2) is 83.7 Å². The van der Waals surface area contributed by atoms with E-state index in [9.17, 15) is 18.9 Å². The number of ether oxygens (including phenoxy) is 1. The third-order valence-corrected chi connectivity index (χ3v) is 16.9. The molecule has 18 nitrogen and oxygen atoms in total. The van der Waals surface area contributed by atoms with Gasteiger partial charge in [0.2, 0.25) is 17.8 Å². The summed E-state index contributed by atoms with van der Waals surface area (Å²) in [6, 6.07) is 17.8. The number of piperazine rings is 1. The van der Waals surface area contributed by atoms with Gasteiger partial charge in [0.05, 0.1) is 40.1 Å². The quantitative estimate of drug-likeness (QED) is 0.0669. The Hall–Kier alpha value is -6.44. The number of benzene rings is 4. The molecule has 10 rings (SSSR count). The highest BCUT2D eigenvalue weighted by atomic mass is 79.9. The van der Waals surface area contributed by atoms with Gasteiger partial charge < -0.3 is 39.1 Å². The number of aromatic nitrogens is 4. The van der Waals surface area contributed by atoms with Gasteiger partial charge in [-0.25, -0.2) is 9.37 Å². The lowest BCUT2D eigenvalue weighted by atomic mass is 9.92. The molecular formula is C51H56BrFN11O7P. The Morgan fingerprint density at radius 3 is 2.35 bits per heavy atom. The molecule has 0 saturated carbocycles. The van der Waals surface area contributed by atoms with Crippen molar-refractivity contribution in [1.82, 2.24) is 34.9 Å². The Morgan fingerprint density at radius 1 is 0.861 bits per heavy atom. The summed E-state index contributed by atoms with van der Waals surface area (Å²) < 4.78 is 48.9. The molecule has 0 spiro atoms. The fourth-order valence-corrected chi connectivity index (χ4v) is 12.1. The van der Waals surface area contributed by atoms with Gasteiger partial charge in [-0.3, -0.25) is 33.8 Å². The number of methoxy groups -OCH3 is 1. The van der Waals surface area contributed by atoms with E-state index in [4.69, 9.17) is 18.8 Å². The highest BCUT2D eigenvalue weighted by Gasteiger charge is 2.40. The van der Waals surface area contributed by atoms with Crippen LogP contribution in [-0.2, 0) is 36.8 Å². The highest BCUT2D eigenvalue weighted by molar-refractivity contribution is 9.10. The summed E-state index contributed by atoms with van der Waals surface area (Å²) in [6.07, 6.45) is 8.84. The zero-order valence-corrected chi connectivity index (χ0v) is 43.0. The second-order valence-corrected chi connectivity index (χ2v) is 21.6. The number of fused-ring (bicyclic) bond motifs is 2. The van der Waals surface area contributed by atoms with Crippen molar-refractivity contribution in [2.24, 2.45) is 13.0 Å². The second kappa shape index (κ2) is 20.6. The van der Waals surface area contributed by atoms with Crippen molar-refractivity contribution in [2.45, 2.75) is 44.7 Å². The molecule has 2 aromatic heterocycles. The van der Waals surface area contributed by atoms with Gasteiger partial charge in [-0.2, -0.15) is 10.1 Å². The van der Waals surface area contributed by atoms with Gasteiger partial charge in [-0.15, -0.1) is 0 Å². The number of nitrogens with zero attached hydrogens (tertiary/aromatic N) is 8. The first kappa shape index (κ1) is 49.2. The molecule has 3 fully saturated rings. The second-order valence-electron chi connectivity index (χ2n) is 18.6. The van der Waals surface area contributed by atoms with Crippen LogP contribution in [0.3, 0.4) is 0 Å². The normalized spacial score (nSPS) is 17.9. The molecule has 21 heteroatoms. The van der Waals surface area contributed by atoms with Crippen LogP contribution in [0.1, 0.15) is 48.0 Å². The van der Waals surface area contributed by atoms with Crippen LogP contribution in [0.25, 0.3) is 21.9 Å². The van der Waals surface area contributed by atoms with Crippen LogP contribution < -0.4 is 35.8 Å². The zero-order valence-electron chi connectivity index (χ0n) is 40.5. The van der Waals surface area contributed by atoms with Gasteiger partial charge in [0.1, 0.15) is 23.4 Å². The Balaban J connectivity index is 0.787. The molecule has 3 amide bonds. The van der Waals surface area contributed by atoms with Gasteiger partial charge in [-0.05, 0) is 94.7 Å². The summed E-state index contributed by atoms with van der Waals surface area (Å²) in [4.78, 5) is 55.3. The minimum Gasteiger partial charge on any atom is -0.494 e. The molecule has 0 radical (unpaired) electrons. The van der Waals surface area contributed by atoms with E-state index in [-0.39, 0.29) is 36.8 Å². The summed E-state index contributed by atoms with van der Waals surface area (Å²) in [5, 5.41) is 15.6. The van der Waals surface area contributed by atoms with Crippen LogP contribution >= 0.6 is 23.5 Å². The van der Waals surface area contributed by atoms with Crippen molar-refractivity contribution < 1.29 is 37.1 Å². The van der Waals surface area contributed by atoms with Crippen molar-refractivity contribution in [3.63, 3.8) is 0 Å². The van der Waals surface area contributed by atoms with Crippen molar-refractivity contribution in [1.29, 1.82) is 0 Å². The number of halogens is 2. The first-order valence-corrected chi connectivity index (χ1v) is 26.4. The van der Waals surface area contributed by atoms with Gasteiger partial charge in [0, 0.05) is 114 Å². The van der Waals surface area contributed by atoms with Gasteiger partial charge in [0.25, 0.3) is 5.91 Å². The molecule has 376 valence electrons. The van der Waals surface area contributed by atoms with E-state index in [1.807, 2.05) is 61.9 Å². The molecule has 0 aliphatic carbocycles. The predicted octanol–water partition coefficient (Wildman–Crippen LogP) is 7.73. The third-order valence-electron chi connectivity index (χ3n) is 14.3. The zero-order chi connectivity index (χ0) is 50.3. The number of carbonyl (C=O) groups is 3. The van der Waals surface area contributed by atoms with Crippen LogP contribution in [-0.4, -0.2) is 120 Å². The summed E-state index contributed by atoms with van der Waals surface area (Å²) in [7, 11) is 2.54. The van der Waals surface area contributed by atoms with Crippen LogP contribution in [0, 0.1) is 11.7 Å². The number of imide groups is 1. The number of hydrogen-bond donors (Lipinski definition) is 3. The number of carbonyl (C=O) groups excluding carboxylic acids is 3. The van der Waals surface area contributed by atoms with E-state index in [1.165, 1.54) is 25.2 Å². The van der Waals surface area contributed by atoms with Crippen LogP contribution in [0.5, 0.6) is 5.75 Å². The van der Waals surface area contributed by atoms with Crippen molar-refractivity contribution in [2.75, 3.05) is 87.6 Å². The Kier molecular flexibility index (Phi) is 14.1. The molecule has 3 saturated heterocycles. The van der Waals surface area contributed by atoms with Crippen molar-refractivity contribution >= 4 is 91.8 Å². The van der Waals surface area contributed by atoms with Gasteiger partial charge in [-0.1, -0.05) is 30.3 Å². The molecule has 72 heavy (non-hydrogen) atoms. The smallest absolute Gasteiger partial charge is 0.363 e. The lowest BCUT2D eigenvalue weighted by molar-refractivity contribution is -0.136. The third kappa shape index (κ3) is 9.77. The maximum absolute atomic E-state index is 15.6. The van der Waals surface area contributed by atoms with E-state index < -0.39 is 25.4 Å². The van der Waals surface area contributed by atoms with Crippen LogP contribution in [0.2, 0.25) is 0 Å². The Bertz CT molecular complexity index is 3120. The first-order chi connectivity index (χ1) is 34.8. The van der Waals surface area contributed by atoms with Crippen LogP contribution in [0.4, 0.5) is 38.9 Å². The number of rotatable bonds is 15. The summed E-state index contributed by atoms with van der Waals surface area (Å²) in [5.41, 5.74) is 5.57. The standard InChI is InChI=1S/C51H56BrFN11O7P/c1-60-29-34(27-55-60)36-25-41(57-51-54-28-38(52)48(59-51)56-40-10-9-32-7-5-6-8-35(32)47(40)72(68,70-3)71-4)45(69-2)26-43(36)63-21-19-61(20-22-63)16-13-31-14-17-62(18-15-31)44-23-33-30-64(50(67)37(33)24-39(44)53)42-11-12-46(65)58-49(42)66/h5-10,23-29,31,42H,11-22,30H2,1-4H3,(H,58,65,66)(H2,54,56,57,59). The topological polar surface area (TPSA) is 189 Å².